The molecule has 3 aromatic heterocycles. The molecule has 4 rings (SSSR count). The minimum Gasteiger partial charge on any atom is -0.364 e. The number of pyridine rings is 1. The van der Waals surface area contributed by atoms with Gasteiger partial charge < -0.3 is 20.1 Å². The van der Waals surface area contributed by atoms with Crippen LogP contribution in [-0.2, 0) is 6.54 Å². The number of rotatable bonds is 5. The van der Waals surface area contributed by atoms with Crippen molar-refractivity contribution in [2.45, 2.75) is 13.5 Å². The number of aromatic nitrogens is 4. The van der Waals surface area contributed by atoms with Gasteiger partial charge in [-0.2, -0.15) is 0 Å². The molecule has 2 N–H and O–H groups in total. The molecule has 0 aromatic carbocycles. The minimum atomic E-state index is 0.704. The molecule has 0 radical (unpaired) electrons. The summed E-state index contributed by atoms with van der Waals surface area (Å²) < 4.78 is 0. The molecule has 0 aliphatic carbocycles. The summed E-state index contributed by atoms with van der Waals surface area (Å²) in [5.74, 6) is 1.88. The number of hydrogen-bond acceptors (Lipinski definition) is 6. The van der Waals surface area contributed by atoms with E-state index in [2.05, 4.69) is 48.0 Å². The monoisotopic (exact) mass is 337 g/mol. The third-order valence-electron chi connectivity index (χ3n) is 4.76. The van der Waals surface area contributed by atoms with Crippen molar-refractivity contribution in [3.05, 3.63) is 42.5 Å². The van der Waals surface area contributed by atoms with E-state index in [1.54, 1.807) is 6.33 Å². The van der Waals surface area contributed by atoms with Gasteiger partial charge in [-0.15, -0.1) is 0 Å². The van der Waals surface area contributed by atoms with E-state index in [1.807, 2.05) is 24.5 Å². The van der Waals surface area contributed by atoms with Crippen molar-refractivity contribution in [1.82, 2.24) is 24.8 Å². The molecule has 0 bridgehead atoms. The number of aromatic amines is 1. The van der Waals surface area contributed by atoms with Crippen molar-refractivity contribution < 1.29 is 0 Å². The van der Waals surface area contributed by atoms with Gasteiger partial charge in [0.1, 0.15) is 17.7 Å². The van der Waals surface area contributed by atoms with Crippen LogP contribution >= 0.6 is 0 Å². The normalized spacial score (nSPS) is 15.6. The quantitative estimate of drug-likeness (QED) is 0.743. The number of hydrogen-bond donors (Lipinski definition) is 2. The smallest absolute Gasteiger partial charge is 0.154 e. The standard InChI is InChI=1S/C18H23N7/c1-2-24-7-9-25(10-8-24)16-11-14(3-5-19-16)12-21-18-17-15(4-6-20-17)22-13-23-18/h3-6,11,13,20H,2,7-10,12H2,1H3,(H,21,22,23). The molecular formula is C18H23N7. The predicted molar refractivity (Wildman–Crippen MR) is 99.8 cm³/mol. The lowest BCUT2D eigenvalue weighted by Gasteiger charge is -2.34. The highest BCUT2D eigenvalue weighted by Crippen LogP contribution is 2.19. The molecule has 3 aromatic rings. The number of likely N-dealkylation sites (N-methyl/N-ethyl adjacent to an activating group) is 1. The zero-order valence-electron chi connectivity index (χ0n) is 14.4. The van der Waals surface area contributed by atoms with Crippen LogP contribution in [0.5, 0.6) is 0 Å². The van der Waals surface area contributed by atoms with Gasteiger partial charge in [-0.1, -0.05) is 6.92 Å². The number of anilines is 2. The highest BCUT2D eigenvalue weighted by atomic mass is 15.3. The zero-order chi connectivity index (χ0) is 17.1. The van der Waals surface area contributed by atoms with E-state index in [1.165, 1.54) is 5.56 Å². The Morgan fingerprint density at radius 2 is 2.00 bits per heavy atom. The summed E-state index contributed by atoms with van der Waals surface area (Å²) in [6, 6.07) is 6.16. The van der Waals surface area contributed by atoms with E-state index >= 15 is 0 Å². The van der Waals surface area contributed by atoms with E-state index in [0.29, 0.717) is 6.54 Å². The molecule has 4 heterocycles. The highest BCUT2D eigenvalue weighted by Gasteiger charge is 2.16. The van der Waals surface area contributed by atoms with E-state index in [-0.39, 0.29) is 0 Å². The molecule has 0 spiro atoms. The largest absolute Gasteiger partial charge is 0.364 e. The van der Waals surface area contributed by atoms with Gasteiger partial charge in [0, 0.05) is 45.1 Å². The van der Waals surface area contributed by atoms with Crippen molar-refractivity contribution in [2.24, 2.45) is 0 Å². The van der Waals surface area contributed by atoms with Crippen LogP contribution in [0.3, 0.4) is 0 Å². The SMILES string of the molecule is CCN1CCN(c2cc(CNc3ncnc4cc[nH]c34)ccn2)CC1. The van der Waals surface area contributed by atoms with Gasteiger partial charge in [-0.05, 0) is 30.3 Å². The molecule has 7 nitrogen and oxygen atoms in total. The number of nitrogens with one attached hydrogen (secondary N) is 2. The summed E-state index contributed by atoms with van der Waals surface area (Å²) in [7, 11) is 0. The molecule has 0 saturated carbocycles. The first kappa shape index (κ1) is 15.8. The van der Waals surface area contributed by atoms with Crippen molar-refractivity contribution in [1.29, 1.82) is 0 Å². The van der Waals surface area contributed by atoms with Crippen LogP contribution < -0.4 is 10.2 Å². The van der Waals surface area contributed by atoms with Crippen molar-refractivity contribution in [3.63, 3.8) is 0 Å². The third kappa shape index (κ3) is 3.41. The maximum absolute atomic E-state index is 4.56. The van der Waals surface area contributed by atoms with E-state index in [0.717, 1.165) is 55.4 Å². The number of piperazine rings is 1. The lowest BCUT2D eigenvalue weighted by Crippen LogP contribution is -2.46. The molecule has 0 amide bonds. The minimum absolute atomic E-state index is 0.704. The summed E-state index contributed by atoms with van der Waals surface area (Å²) >= 11 is 0. The Hall–Kier alpha value is -2.67. The van der Waals surface area contributed by atoms with Gasteiger partial charge in [-0.25, -0.2) is 15.0 Å². The fraction of sp³-hybridized carbons (Fsp3) is 0.389. The van der Waals surface area contributed by atoms with Gasteiger partial charge in [0.15, 0.2) is 5.82 Å². The predicted octanol–water partition coefficient (Wildman–Crippen LogP) is 2.11. The summed E-state index contributed by atoms with van der Waals surface area (Å²) in [6.45, 7) is 8.32. The Morgan fingerprint density at radius 3 is 2.84 bits per heavy atom. The second-order valence-electron chi connectivity index (χ2n) is 6.26. The fourth-order valence-corrected chi connectivity index (χ4v) is 3.23. The topological polar surface area (TPSA) is 73.0 Å². The van der Waals surface area contributed by atoms with Gasteiger partial charge in [-0.3, -0.25) is 0 Å². The Labute approximate surface area is 147 Å². The van der Waals surface area contributed by atoms with E-state index in [9.17, 15) is 0 Å². The van der Waals surface area contributed by atoms with Crippen LogP contribution in [0.1, 0.15) is 12.5 Å². The van der Waals surface area contributed by atoms with Crippen LogP contribution in [0.25, 0.3) is 11.0 Å². The Bertz CT molecular complexity index is 836. The fourth-order valence-electron chi connectivity index (χ4n) is 3.23. The molecule has 1 saturated heterocycles. The van der Waals surface area contributed by atoms with Crippen molar-refractivity contribution in [3.8, 4) is 0 Å². The molecular weight excluding hydrogens is 314 g/mol. The average molecular weight is 337 g/mol. The molecule has 0 unspecified atom stereocenters. The first-order valence-corrected chi connectivity index (χ1v) is 8.77. The van der Waals surface area contributed by atoms with Crippen molar-refractivity contribution >= 4 is 22.7 Å². The maximum Gasteiger partial charge on any atom is 0.154 e. The van der Waals surface area contributed by atoms with Gasteiger partial charge in [0.05, 0.1) is 5.52 Å². The van der Waals surface area contributed by atoms with Crippen LogP contribution in [0.15, 0.2) is 36.9 Å². The summed E-state index contributed by atoms with van der Waals surface area (Å²) in [5.41, 5.74) is 3.05. The molecule has 1 aliphatic heterocycles. The summed E-state index contributed by atoms with van der Waals surface area (Å²) in [5, 5.41) is 3.40. The molecule has 7 heteroatoms. The summed E-state index contributed by atoms with van der Waals surface area (Å²) in [6.07, 6.45) is 5.36. The summed E-state index contributed by atoms with van der Waals surface area (Å²) in [4.78, 5) is 21.2. The molecule has 25 heavy (non-hydrogen) atoms. The molecule has 130 valence electrons. The van der Waals surface area contributed by atoms with Crippen LogP contribution in [0, 0.1) is 0 Å². The van der Waals surface area contributed by atoms with Gasteiger partial charge >= 0.3 is 0 Å². The second kappa shape index (κ2) is 7.06. The van der Waals surface area contributed by atoms with E-state index < -0.39 is 0 Å². The lowest BCUT2D eigenvalue weighted by atomic mass is 10.2. The number of nitrogens with zero attached hydrogens (tertiary/aromatic N) is 5. The lowest BCUT2D eigenvalue weighted by molar-refractivity contribution is 0.270. The first-order valence-electron chi connectivity index (χ1n) is 8.77. The third-order valence-corrected chi connectivity index (χ3v) is 4.76. The van der Waals surface area contributed by atoms with Crippen LogP contribution in [0.2, 0.25) is 0 Å². The first-order chi connectivity index (χ1) is 12.3. The highest BCUT2D eigenvalue weighted by molar-refractivity contribution is 5.85. The Morgan fingerprint density at radius 1 is 1.12 bits per heavy atom. The molecule has 0 atom stereocenters. The van der Waals surface area contributed by atoms with Gasteiger partial charge in [0.2, 0.25) is 0 Å². The van der Waals surface area contributed by atoms with Crippen LogP contribution in [-0.4, -0.2) is 57.6 Å². The molecule has 1 aliphatic rings. The van der Waals surface area contributed by atoms with Gasteiger partial charge in [0.25, 0.3) is 0 Å². The average Bonchev–Trinajstić information content (AvgIpc) is 3.16. The number of fused-ring (bicyclic) bond motifs is 1. The van der Waals surface area contributed by atoms with Crippen molar-refractivity contribution in [2.75, 3.05) is 42.9 Å². The van der Waals surface area contributed by atoms with Crippen LogP contribution in [0.4, 0.5) is 11.6 Å². The maximum atomic E-state index is 4.56. The Balaban J connectivity index is 1.44. The molecule has 1 fully saturated rings. The second-order valence-corrected chi connectivity index (χ2v) is 6.26. The number of H-pyrrole nitrogens is 1. The zero-order valence-corrected chi connectivity index (χ0v) is 14.4. The van der Waals surface area contributed by atoms with E-state index in [4.69, 9.17) is 0 Å². The Kier molecular flexibility index (Phi) is 4.47.